The monoisotopic (exact) mass is 296 g/mol. The number of amides is 4. The van der Waals surface area contributed by atoms with Crippen molar-refractivity contribution in [1.29, 1.82) is 0 Å². The normalized spacial score (nSPS) is 20.1. The Morgan fingerprint density at radius 1 is 1.29 bits per heavy atom. The van der Waals surface area contributed by atoms with Crippen LogP contribution >= 0.6 is 0 Å². The van der Waals surface area contributed by atoms with E-state index in [1.54, 1.807) is 0 Å². The fourth-order valence-corrected chi connectivity index (χ4v) is 2.97. The van der Waals surface area contributed by atoms with Gasteiger partial charge in [0.2, 0.25) is 5.91 Å². The average molecular weight is 296 g/mol. The molecule has 1 heterocycles. The zero-order valence-electron chi connectivity index (χ0n) is 12.5. The number of likely N-dealkylation sites (N-methyl/N-ethyl adjacent to an activating group) is 1. The highest BCUT2D eigenvalue weighted by Gasteiger charge is 2.52. The maximum absolute atomic E-state index is 12.4. The molecule has 1 aliphatic heterocycles. The molecule has 2 rings (SSSR count). The SMILES string of the molecule is CCNCCNC(=O)CCN1C(=O)NC2(CCCC2)C1=O. The van der Waals surface area contributed by atoms with Crippen molar-refractivity contribution in [2.45, 2.75) is 44.6 Å². The summed E-state index contributed by atoms with van der Waals surface area (Å²) in [6, 6.07) is -0.359. The van der Waals surface area contributed by atoms with E-state index in [1.165, 1.54) is 4.90 Å². The molecule has 3 N–H and O–H groups in total. The summed E-state index contributed by atoms with van der Waals surface area (Å²) in [6.07, 6.45) is 3.50. The molecule has 0 aromatic rings. The van der Waals surface area contributed by atoms with Crippen LogP contribution in [0.4, 0.5) is 4.79 Å². The minimum absolute atomic E-state index is 0.138. The molecule has 1 spiro atoms. The summed E-state index contributed by atoms with van der Waals surface area (Å²) in [6.45, 7) is 4.28. The standard InChI is InChI=1S/C14H24N4O3/c1-2-15-8-9-16-11(19)5-10-18-12(20)14(17-13(18)21)6-3-4-7-14/h15H,2-10H2,1H3,(H,16,19)(H,17,21). The lowest BCUT2D eigenvalue weighted by molar-refractivity contribution is -0.131. The number of rotatable bonds is 7. The Bertz CT molecular complexity index is 418. The summed E-state index contributed by atoms with van der Waals surface area (Å²) in [4.78, 5) is 37.1. The molecular weight excluding hydrogens is 272 g/mol. The van der Waals surface area contributed by atoms with Gasteiger partial charge in [0.1, 0.15) is 5.54 Å². The van der Waals surface area contributed by atoms with E-state index in [2.05, 4.69) is 16.0 Å². The van der Waals surface area contributed by atoms with E-state index in [-0.39, 0.29) is 30.8 Å². The number of nitrogens with zero attached hydrogens (tertiary/aromatic N) is 1. The van der Waals surface area contributed by atoms with Gasteiger partial charge in [0, 0.05) is 26.1 Å². The van der Waals surface area contributed by atoms with E-state index >= 15 is 0 Å². The van der Waals surface area contributed by atoms with Crippen LogP contribution in [0.1, 0.15) is 39.0 Å². The second kappa shape index (κ2) is 6.89. The predicted octanol–water partition coefficient (Wildman–Crippen LogP) is -0.0332. The van der Waals surface area contributed by atoms with Gasteiger partial charge in [0.25, 0.3) is 5.91 Å². The number of carbonyl (C=O) groups is 3. The van der Waals surface area contributed by atoms with Gasteiger partial charge in [0.15, 0.2) is 0 Å². The zero-order valence-corrected chi connectivity index (χ0v) is 12.5. The highest BCUT2D eigenvalue weighted by atomic mass is 16.2. The van der Waals surface area contributed by atoms with Crippen molar-refractivity contribution >= 4 is 17.8 Å². The van der Waals surface area contributed by atoms with Gasteiger partial charge in [-0.2, -0.15) is 0 Å². The number of carbonyl (C=O) groups excluding carboxylic acids is 3. The van der Waals surface area contributed by atoms with Gasteiger partial charge >= 0.3 is 6.03 Å². The molecule has 0 radical (unpaired) electrons. The van der Waals surface area contributed by atoms with Gasteiger partial charge in [-0.05, 0) is 19.4 Å². The van der Waals surface area contributed by atoms with Gasteiger partial charge in [-0.1, -0.05) is 19.8 Å². The fraction of sp³-hybridized carbons (Fsp3) is 0.786. The van der Waals surface area contributed by atoms with Gasteiger partial charge in [-0.25, -0.2) is 4.79 Å². The molecule has 7 heteroatoms. The molecular formula is C14H24N4O3. The molecule has 2 aliphatic rings. The van der Waals surface area contributed by atoms with E-state index in [4.69, 9.17) is 0 Å². The molecule has 1 saturated heterocycles. The topological polar surface area (TPSA) is 90.5 Å². The molecule has 0 bridgehead atoms. The van der Waals surface area contributed by atoms with E-state index in [0.717, 1.165) is 19.4 Å². The summed E-state index contributed by atoms with van der Waals surface area (Å²) in [5.41, 5.74) is -0.682. The highest BCUT2D eigenvalue weighted by molar-refractivity contribution is 6.07. The summed E-state index contributed by atoms with van der Waals surface area (Å²) in [5, 5.41) is 8.67. The lowest BCUT2D eigenvalue weighted by Crippen LogP contribution is -2.44. The van der Waals surface area contributed by atoms with Crippen molar-refractivity contribution in [3.05, 3.63) is 0 Å². The Morgan fingerprint density at radius 3 is 2.67 bits per heavy atom. The first kappa shape index (κ1) is 15.8. The molecule has 4 amide bonds. The van der Waals surface area contributed by atoms with Crippen molar-refractivity contribution in [3.63, 3.8) is 0 Å². The molecule has 0 aromatic carbocycles. The van der Waals surface area contributed by atoms with E-state index < -0.39 is 5.54 Å². The minimum atomic E-state index is -0.682. The fourth-order valence-electron chi connectivity index (χ4n) is 2.97. The minimum Gasteiger partial charge on any atom is -0.355 e. The first-order valence-electron chi connectivity index (χ1n) is 7.70. The summed E-state index contributed by atoms with van der Waals surface area (Å²) in [7, 11) is 0. The van der Waals surface area contributed by atoms with Gasteiger partial charge in [-0.15, -0.1) is 0 Å². The number of imide groups is 1. The summed E-state index contributed by atoms with van der Waals surface area (Å²) in [5.74, 6) is -0.300. The lowest BCUT2D eigenvalue weighted by atomic mass is 9.98. The van der Waals surface area contributed by atoms with Crippen LogP contribution in [0.15, 0.2) is 0 Å². The quantitative estimate of drug-likeness (QED) is 0.454. The highest BCUT2D eigenvalue weighted by Crippen LogP contribution is 2.34. The van der Waals surface area contributed by atoms with Crippen LogP contribution in [-0.2, 0) is 9.59 Å². The Kier molecular flexibility index (Phi) is 5.17. The second-order valence-electron chi connectivity index (χ2n) is 5.63. The molecule has 0 unspecified atom stereocenters. The number of urea groups is 1. The molecule has 21 heavy (non-hydrogen) atoms. The molecule has 1 aliphatic carbocycles. The number of hydrogen-bond acceptors (Lipinski definition) is 4. The van der Waals surface area contributed by atoms with Crippen molar-refractivity contribution in [2.75, 3.05) is 26.2 Å². The van der Waals surface area contributed by atoms with Crippen molar-refractivity contribution in [1.82, 2.24) is 20.9 Å². The van der Waals surface area contributed by atoms with Crippen LogP contribution in [0, 0.1) is 0 Å². The Balaban J connectivity index is 1.76. The van der Waals surface area contributed by atoms with Crippen LogP contribution in [0.25, 0.3) is 0 Å². The summed E-state index contributed by atoms with van der Waals surface area (Å²) < 4.78 is 0. The molecule has 7 nitrogen and oxygen atoms in total. The number of nitrogens with one attached hydrogen (secondary N) is 3. The molecule has 118 valence electrons. The average Bonchev–Trinajstić information content (AvgIpc) is 3.01. The van der Waals surface area contributed by atoms with Gasteiger partial charge in [-0.3, -0.25) is 14.5 Å². The third-order valence-electron chi connectivity index (χ3n) is 4.14. The van der Waals surface area contributed by atoms with Crippen molar-refractivity contribution < 1.29 is 14.4 Å². The van der Waals surface area contributed by atoms with Crippen LogP contribution in [0.2, 0.25) is 0 Å². The predicted molar refractivity (Wildman–Crippen MR) is 77.6 cm³/mol. The van der Waals surface area contributed by atoms with E-state index in [1.807, 2.05) is 6.92 Å². The van der Waals surface area contributed by atoms with Crippen LogP contribution in [0.3, 0.4) is 0 Å². The summed E-state index contributed by atoms with van der Waals surface area (Å²) >= 11 is 0. The van der Waals surface area contributed by atoms with Crippen molar-refractivity contribution in [3.8, 4) is 0 Å². The Morgan fingerprint density at radius 2 is 2.00 bits per heavy atom. The third-order valence-corrected chi connectivity index (χ3v) is 4.14. The van der Waals surface area contributed by atoms with E-state index in [0.29, 0.717) is 25.9 Å². The van der Waals surface area contributed by atoms with Gasteiger partial charge in [0.05, 0.1) is 0 Å². The molecule has 0 atom stereocenters. The first-order chi connectivity index (χ1) is 10.1. The lowest BCUT2D eigenvalue weighted by Gasteiger charge is -2.19. The maximum Gasteiger partial charge on any atom is 0.325 e. The van der Waals surface area contributed by atoms with Crippen molar-refractivity contribution in [2.24, 2.45) is 0 Å². The van der Waals surface area contributed by atoms with Crippen LogP contribution < -0.4 is 16.0 Å². The Labute approximate surface area is 124 Å². The number of hydrogen-bond donors (Lipinski definition) is 3. The second-order valence-corrected chi connectivity index (χ2v) is 5.63. The smallest absolute Gasteiger partial charge is 0.325 e. The maximum atomic E-state index is 12.4. The van der Waals surface area contributed by atoms with Crippen LogP contribution in [0.5, 0.6) is 0 Å². The van der Waals surface area contributed by atoms with Gasteiger partial charge < -0.3 is 16.0 Å². The molecule has 0 aromatic heterocycles. The zero-order chi connectivity index (χ0) is 15.3. The molecule has 2 fully saturated rings. The third kappa shape index (κ3) is 3.53. The van der Waals surface area contributed by atoms with Crippen LogP contribution in [-0.4, -0.2) is 54.5 Å². The first-order valence-corrected chi connectivity index (χ1v) is 7.70. The molecule has 1 saturated carbocycles. The Hall–Kier alpha value is -1.63. The largest absolute Gasteiger partial charge is 0.355 e. The van der Waals surface area contributed by atoms with E-state index in [9.17, 15) is 14.4 Å².